The molecule has 0 unspecified atom stereocenters. The van der Waals surface area contributed by atoms with Crippen LogP contribution in [0.1, 0.15) is 0 Å². The molecule has 0 aliphatic rings. The molecule has 0 bridgehead atoms. The van der Waals surface area contributed by atoms with Gasteiger partial charge >= 0.3 is 0 Å². The summed E-state index contributed by atoms with van der Waals surface area (Å²) in [6.07, 6.45) is 0. The Bertz CT molecular complexity index is 2900. The van der Waals surface area contributed by atoms with E-state index in [9.17, 15) is 0 Å². The molecular weight excluding hydrogens is 679 g/mol. The van der Waals surface area contributed by atoms with Gasteiger partial charge in [0, 0.05) is 27.9 Å². The molecule has 1 aromatic heterocycles. The van der Waals surface area contributed by atoms with Crippen molar-refractivity contribution in [1.29, 1.82) is 0 Å². The Balaban J connectivity index is 1.05. The fourth-order valence-corrected chi connectivity index (χ4v) is 7.86. The van der Waals surface area contributed by atoms with E-state index in [-0.39, 0.29) is 0 Å². The Hall–Kier alpha value is -7.42. The number of benzene rings is 9. The lowest BCUT2D eigenvalue weighted by molar-refractivity contribution is 0.631. The number of anilines is 3. The zero-order valence-corrected chi connectivity index (χ0v) is 30.7. The molecule has 10 rings (SSSR count). The molecule has 1 heterocycles. The summed E-state index contributed by atoms with van der Waals surface area (Å²) >= 11 is 0. The normalized spacial score (nSPS) is 11.2. The monoisotopic (exact) mass is 715 g/mol. The standard InChI is InChI=1S/C54H37NO/c1-2-12-38(13-3-1)39-24-26-43(27-25-39)51-20-7-8-22-52(51)55(48-34-30-42(31-35-48)50-21-11-16-41-14-4-6-19-49(41)50)47-32-28-40(29-33-47)44-17-10-18-45(36-44)54-37-46-15-5-9-23-53(46)56-54/h1-37H. The molecule has 10 aromatic rings. The van der Waals surface area contributed by atoms with Gasteiger partial charge in [-0.15, -0.1) is 0 Å². The van der Waals surface area contributed by atoms with Gasteiger partial charge in [0.25, 0.3) is 0 Å². The van der Waals surface area contributed by atoms with Crippen molar-refractivity contribution < 1.29 is 4.42 Å². The lowest BCUT2D eigenvalue weighted by atomic mass is 9.97. The Morgan fingerprint density at radius 3 is 1.59 bits per heavy atom. The second-order valence-electron chi connectivity index (χ2n) is 14.1. The van der Waals surface area contributed by atoms with Gasteiger partial charge in [-0.2, -0.15) is 0 Å². The van der Waals surface area contributed by atoms with E-state index < -0.39 is 0 Å². The van der Waals surface area contributed by atoms with Gasteiger partial charge in [-0.05, 0) is 98.2 Å². The first kappa shape index (κ1) is 33.2. The van der Waals surface area contributed by atoms with Crippen LogP contribution in [-0.4, -0.2) is 0 Å². The molecule has 0 aliphatic carbocycles. The van der Waals surface area contributed by atoms with E-state index >= 15 is 0 Å². The first-order chi connectivity index (χ1) is 27.7. The van der Waals surface area contributed by atoms with Crippen LogP contribution < -0.4 is 4.90 Å². The maximum Gasteiger partial charge on any atom is 0.135 e. The van der Waals surface area contributed by atoms with Gasteiger partial charge in [0.1, 0.15) is 11.3 Å². The smallest absolute Gasteiger partial charge is 0.135 e. The lowest BCUT2D eigenvalue weighted by Crippen LogP contribution is -2.11. The van der Waals surface area contributed by atoms with E-state index in [4.69, 9.17) is 4.42 Å². The van der Waals surface area contributed by atoms with Crippen LogP contribution in [0.5, 0.6) is 0 Å². The third-order valence-corrected chi connectivity index (χ3v) is 10.7. The minimum Gasteiger partial charge on any atom is -0.456 e. The average molecular weight is 716 g/mol. The lowest BCUT2D eigenvalue weighted by Gasteiger charge is -2.28. The summed E-state index contributed by atoms with van der Waals surface area (Å²) in [4.78, 5) is 2.38. The summed E-state index contributed by atoms with van der Waals surface area (Å²) in [7, 11) is 0. The van der Waals surface area contributed by atoms with E-state index in [2.05, 4.69) is 211 Å². The van der Waals surface area contributed by atoms with Crippen molar-refractivity contribution in [2.45, 2.75) is 0 Å². The maximum absolute atomic E-state index is 6.22. The highest BCUT2D eigenvalue weighted by atomic mass is 16.3. The number of hydrogen-bond acceptors (Lipinski definition) is 2. The van der Waals surface area contributed by atoms with Crippen molar-refractivity contribution in [3.05, 3.63) is 224 Å². The zero-order valence-electron chi connectivity index (χ0n) is 30.7. The minimum absolute atomic E-state index is 0.871. The Labute approximate surface area is 327 Å². The molecule has 0 saturated carbocycles. The molecule has 0 atom stereocenters. The van der Waals surface area contributed by atoms with Crippen molar-refractivity contribution in [2.24, 2.45) is 0 Å². The molecular formula is C54H37NO. The van der Waals surface area contributed by atoms with Gasteiger partial charge in [-0.3, -0.25) is 0 Å². The second-order valence-corrected chi connectivity index (χ2v) is 14.1. The van der Waals surface area contributed by atoms with Crippen molar-refractivity contribution >= 4 is 38.8 Å². The highest BCUT2D eigenvalue weighted by molar-refractivity contribution is 5.97. The first-order valence-electron chi connectivity index (χ1n) is 19.1. The summed E-state index contributed by atoms with van der Waals surface area (Å²) in [5, 5.41) is 3.60. The van der Waals surface area contributed by atoms with Gasteiger partial charge in [-0.25, -0.2) is 0 Å². The van der Waals surface area contributed by atoms with Crippen LogP contribution >= 0.6 is 0 Å². The van der Waals surface area contributed by atoms with Crippen molar-refractivity contribution in [2.75, 3.05) is 4.90 Å². The van der Waals surface area contributed by atoms with Gasteiger partial charge in [-0.1, -0.05) is 176 Å². The van der Waals surface area contributed by atoms with Crippen molar-refractivity contribution in [1.82, 2.24) is 0 Å². The van der Waals surface area contributed by atoms with Gasteiger partial charge in [0.15, 0.2) is 0 Å². The topological polar surface area (TPSA) is 16.4 Å². The molecule has 0 aliphatic heterocycles. The molecule has 2 nitrogen and oxygen atoms in total. The third-order valence-electron chi connectivity index (χ3n) is 10.7. The minimum atomic E-state index is 0.871. The number of para-hydroxylation sites is 2. The van der Waals surface area contributed by atoms with Crippen LogP contribution in [0.15, 0.2) is 229 Å². The van der Waals surface area contributed by atoms with Gasteiger partial charge < -0.3 is 9.32 Å². The molecule has 0 spiro atoms. The van der Waals surface area contributed by atoms with E-state index in [0.717, 1.165) is 61.6 Å². The quantitative estimate of drug-likeness (QED) is 0.156. The first-order valence-corrected chi connectivity index (χ1v) is 19.1. The van der Waals surface area contributed by atoms with Crippen LogP contribution in [0, 0.1) is 0 Å². The predicted molar refractivity (Wildman–Crippen MR) is 236 cm³/mol. The SMILES string of the molecule is c1ccc(-c2ccc(-c3ccccc3N(c3ccc(-c4cccc(-c5cc6ccccc6o5)c4)cc3)c3ccc(-c4cccc5ccccc45)cc3)cc2)cc1. The van der Waals surface area contributed by atoms with E-state index in [1.807, 2.05) is 18.2 Å². The van der Waals surface area contributed by atoms with Crippen LogP contribution in [0.2, 0.25) is 0 Å². The summed E-state index contributed by atoms with van der Waals surface area (Å²) in [6.45, 7) is 0. The van der Waals surface area contributed by atoms with Crippen molar-refractivity contribution in [3.63, 3.8) is 0 Å². The average Bonchev–Trinajstić information content (AvgIpc) is 3.72. The molecule has 0 saturated heterocycles. The Morgan fingerprint density at radius 1 is 0.304 bits per heavy atom. The molecule has 2 heteroatoms. The Morgan fingerprint density at radius 2 is 0.804 bits per heavy atom. The summed E-state index contributed by atoms with van der Waals surface area (Å²) in [6, 6.07) is 80.1. The molecule has 0 fully saturated rings. The molecule has 0 N–H and O–H groups in total. The second kappa shape index (κ2) is 14.4. The van der Waals surface area contributed by atoms with Crippen LogP contribution in [0.25, 0.3) is 77.6 Å². The maximum atomic E-state index is 6.22. The summed E-state index contributed by atoms with van der Waals surface area (Å²) < 4.78 is 6.22. The molecule has 9 aromatic carbocycles. The largest absolute Gasteiger partial charge is 0.456 e. The third kappa shape index (κ3) is 6.34. The number of fused-ring (bicyclic) bond motifs is 2. The zero-order chi connectivity index (χ0) is 37.3. The van der Waals surface area contributed by atoms with E-state index in [1.165, 1.54) is 33.0 Å². The van der Waals surface area contributed by atoms with E-state index in [1.54, 1.807) is 0 Å². The van der Waals surface area contributed by atoms with E-state index in [0.29, 0.717) is 0 Å². The number of furan rings is 1. The summed E-state index contributed by atoms with van der Waals surface area (Å²) in [5.74, 6) is 0.871. The van der Waals surface area contributed by atoms with Crippen LogP contribution in [-0.2, 0) is 0 Å². The van der Waals surface area contributed by atoms with Crippen molar-refractivity contribution in [3.8, 4) is 55.8 Å². The Kier molecular flexibility index (Phi) is 8.55. The fraction of sp³-hybridized carbons (Fsp3) is 0. The number of hydrogen-bond donors (Lipinski definition) is 0. The molecule has 56 heavy (non-hydrogen) atoms. The number of rotatable bonds is 8. The van der Waals surface area contributed by atoms with Gasteiger partial charge in [0.05, 0.1) is 5.69 Å². The summed E-state index contributed by atoms with van der Waals surface area (Å²) in [5.41, 5.74) is 14.7. The predicted octanol–water partition coefficient (Wildman–Crippen LogP) is 15.4. The van der Waals surface area contributed by atoms with Crippen LogP contribution in [0.3, 0.4) is 0 Å². The highest BCUT2D eigenvalue weighted by Crippen LogP contribution is 2.43. The molecule has 0 radical (unpaired) electrons. The van der Waals surface area contributed by atoms with Crippen LogP contribution in [0.4, 0.5) is 17.1 Å². The fourth-order valence-electron chi connectivity index (χ4n) is 7.86. The number of nitrogens with zero attached hydrogens (tertiary/aromatic N) is 1. The van der Waals surface area contributed by atoms with Gasteiger partial charge in [0.2, 0.25) is 0 Å². The molecule has 0 amide bonds. The highest BCUT2D eigenvalue weighted by Gasteiger charge is 2.18. The molecule has 264 valence electrons.